The van der Waals surface area contributed by atoms with Crippen LogP contribution in [0.1, 0.15) is 21.6 Å². The van der Waals surface area contributed by atoms with Gasteiger partial charge in [-0.05, 0) is 37.3 Å². The average molecular weight is 418 g/mol. The fourth-order valence-electron chi connectivity index (χ4n) is 2.96. The van der Waals surface area contributed by atoms with Gasteiger partial charge in [-0.15, -0.1) is 0 Å². The van der Waals surface area contributed by atoms with Crippen LogP contribution in [0.15, 0.2) is 48.5 Å². The van der Waals surface area contributed by atoms with Crippen molar-refractivity contribution >= 4 is 34.7 Å². The summed E-state index contributed by atoms with van der Waals surface area (Å²) in [5, 5.41) is 5.13. The molecule has 0 atom stereocenters. The lowest BCUT2D eigenvalue weighted by Gasteiger charge is -2.19. The third-order valence-electron chi connectivity index (χ3n) is 4.43. The molecule has 3 aromatic rings. The van der Waals surface area contributed by atoms with Gasteiger partial charge in [-0.1, -0.05) is 41.4 Å². The van der Waals surface area contributed by atoms with Gasteiger partial charge in [0.05, 0.1) is 17.3 Å². The molecule has 0 amide bonds. The Balaban J connectivity index is 1.78. The fraction of sp³-hybridized carbons (Fsp3) is 0.238. The second-order valence-corrected chi connectivity index (χ2v) is 7.29. The zero-order chi connectivity index (χ0) is 20.3. The molecular formula is C21H21Cl2N3O2. The molecule has 3 rings (SSSR count). The van der Waals surface area contributed by atoms with Crippen molar-refractivity contribution in [3.05, 3.63) is 75.4 Å². The second-order valence-electron chi connectivity index (χ2n) is 6.45. The summed E-state index contributed by atoms with van der Waals surface area (Å²) in [7, 11) is 3.75. The van der Waals surface area contributed by atoms with E-state index >= 15 is 0 Å². The number of carbonyl (C=O) groups excluding carboxylic acids is 1. The summed E-state index contributed by atoms with van der Waals surface area (Å²) < 4.78 is 7.53. The number of carbonyl (C=O) groups is 1. The Morgan fingerprint density at radius 3 is 2.57 bits per heavy atom. The van der Waals surface area contributed by atoms with Gasteiger partial charge in [0, 0.05) is 30.4 Å². The lowest BCUT2D eigenvalue weighted by Crippen LogP contribution is -2.24. The van der Waals surface area contributed by atoms with Crippen LogP contribution in [0.5, 0.6) is 5.88 Å². The van der Waals surface area contributed by atoms with Crippen LogP contribution in [0.3, 0.4) is 0 Å². The standard InChI is InChI=1S/C21H21Cl2N3O2/c1-14-19(20(27)17-10-9-15(22)13-18(17)23)21(26(3)24-14)28-12-11-25(2)16-7-5-4-6-8-16/h4-10,13H,11-12H2,1-3H3. The molecule has 1 heterocycles. The Bertz CT molecular complexity index is 987. The summed E-state index contributed by atoms with van der Waals surface area (Å²) in [5.74, 6) is 0.189. The van der Waals surface area contributed by atoms with Gasteiger partial charge < -0.3 is 9.64 Å². The summed E-state index contributed by atoms with van der Waals surface area (Å²) >= 11 is 12.2. The van der Waals surface area contributed by atoms with Gasteiger partial charge in [0.1, 0.15) is 12.2 Å². The summed E-state index contributed by atoms with van der Waals surface area (Å²) in [6, 6.07) is 14.8. The molecule has 0 saturated heterocycles. The highest BCUT2D eigenvalue weighted by atomic mass is 35.5. The van der Waals surface area contributed by atoms with Crippen molar-refractivity contribution in [3.63, 3.8) is 0 Å². The number of likely N-dealkylation sites (N-methyl/N-ethyl adjacent to an activating group) is 1. The number of rotatable bonds is 7. The molecule has 0 bridgehead atoms. The van der Waals surface area contributed by atoms with Crippen molar-refractivity contribution in [3.8, 4) is 5.88 Å². The van der Waals surface area contributed by atoms with E-state index in [4.69, 9.17) is 27.9 Å². The number of anilines is 1. The van der Waals surface area contributed by atoms with Crippen LogP contribution in [-0.2, 0) is 7.05 Å². The highest BCUT2D eigenvalue weighted by Gasteiger charge is 2.24. The zero-order valence-electron chi connectivity index (χ0n) is 15.9. The average Bonchev–Trinajstić information content (AvgIpc) is 2.95. The van der Waals surface area contributed by atoms with Crippen LogP contribution in [0, 0.1) is 6.92 Å². The van der Waals surface area contributed by atoms with Gasteiger partial charge in [0.2, 0.25) is 11.7 Å². The van der Waals surface area contributed by atoms with E-state index in [1.54, 1.807) is 36.9 Å². The topological polar surface area (TPSA) is 47.4 Å². The maximum absolute atomic E-state index is 13.1. The number of nitrogens with zero attached hydrogens (tertiary/aromatic N) is 3. The molecule has 0 N–H and O–H groups in total. The summed E-state index contributed by atoms with van der Waals surface area (Å²) in [4.78, 5) is 15.2. The van der Waals surface area contributed by atoms with Gasteiger partial charge in [-0.2, -0.15) is 5.10 Å². The van der Waals surface area contributed by atoms with Crippen molar-refractivity contribution in [2.24, 2.45) is 7.05 Å². The largest absolute Gasteiger partial charge is 0.475 e. The zero-order valence-corrected chi connectivity index (χ0v) is 17.5. The predicted molar refractivity (Wildman–Crippen MR) is 113 cm³/mol. The first-order valence-electron chi connectivity index (χ1n) is 8.81. The van der Waals surface area contributed by atoms with Crippen molar-refractivity contribution in [1.82, 2.24) is 9.78 Å². The van der Waals surface area contributed by atoms with E-state index < -0.39 is 0 Å². The number of benzene rings is 2. The molecule has 146 valence electrons. The SMILES string of the molecule is Cc1nn(C)c(OCCN(C)c2ccccc2)c1C(=O)c1ccc(Cl)cc1Cl. The lowest BCUT2D eigenvalue weighted by molar-refractivity contribution is 0.103. The number of aromatic nitrogens is 2. The van der Waals surface area contributed by atoms with E-state index in [0.717, 1.165) is 5.69 Å². The fourth-order valence-corrected chi connectivity index (χ4v) is 3.46. The van der Waals surface area contributed by atoms with Crippen LogP contribution >= 0.6 is 23.2 Å². The van der Waals surface area contributed by atoms with Gasteiger partial charge in [0.25, 0.3) is 0 Å². The smallest absolute Gasteiger partial charge is 0.223 e. The maximum atomic E-state index is 13.1. The summed E-state index contributed by atoms with van der Waals surface area (Å²) in [5.41, 5.74) is 2.46. The van der Waals surface area contributed by atoms with Gasteiger partial charge in [-0.3, -0.25) is 4.79 Å². The number of aryl methyl sites for hydroxylation is 2. The van der Waals surface area contributed by atoms with Crippen molar-refractivity contribution in [2.75, 3.05) is 25.1 Å². The molecule has 0 radical (unpaired) electrons. The van der Waals surface area contributed by atoms with Crippen molar-refractivity contribution in [1.29, 1.82) is 0 Å². The van der Waals surface area contributed by atoms with Crippen LogP contribution in [0.25, 0.3) is 0 Å². The highest BCUT2D eigenvalue weighted by molar-refractivity contribution is 6.37. The van der Waals surface area contributed by atoms with Crippen LogP contribution in [0.2, 0.25) is 10.0 Å². The molecule has 1 aromatic heterocycles. The minimum absolute atomic E-state index is 0.237. The van der Waals surface area contributed by atoms with Crippen LogP contribution in [0.4, 0.5) is 5.69 Å². The van der Waals surface area contributed by atoms with E-state index in [9.17, 15) is 4.79 Å². The molecule has 0 aliphatic rings. The van der Waals surface area contributed by atoms with Crippen LogP contribution < -0.4 is 9.64 Å². The van der Waals surface area contributed by atoms with Gasteiger partial charge >= 0.3 is 0 Å². The highest BCUT2D eigenvalue weighted by Crippen LogP contribution is 2.29. The Morgan fingerprint density at radius 2 is 1.89 bits per heavy atom. The van der Waals surface area contributed by atoms with E-state index in [-0.39, 0.29) is 5.78 Å². The number of ether oxygens (including phenoxy) is 1. The lowest BCUT2D eigenvalue weighted by atomic mass is 10.0. The molecule has 2 aromatic carbocycles. The molecule has 5 nitrogen and oxygen atoms in total. The van der Waals surface area contributed by atoms with Gasteiger partial charge in [0.15, 0.2) is 0 Å². The molecule has 7 heteroatoms. The first kappa shape index (κ1) is 20.2. The molecule has 0 aliphatic heterocycles. The minimum atomic E-state index is -0.237. The molecule has 0 aliphatic carbocycles. The van der Waals surface area contributed by atoms with E-state index in [2.05, 4.69) is 10.00 Å². The van der Waals surface area contributed by atoms with E-state index in [1.807, 2.05) is 37.4 Å². The number of halogens is 2. The third-order valence-corrected chi connectivity index (χ3v) is 4.98. The normalized spacial score (nSPS) is 10.8. The molecule has 0 fully saturated rings. The van der Waals surface area contributed by atoms with Crippen molar-refractivity contribution in [2.45, 2.75) is 6.92 Å². The number of ketones is 1. The molecule has 0 saturated carbocycles. The number of hydrogen-bond donors (Lipinski definition) is 0. The van der Waals surface area contributed by atoms with E-state index in [0.29, 0.717) is 45.9 Å². The van der Waals surface area contributed by atoms with Crippen molar-refractivity contribution < 1.29 is 9.53 Å². The number of hydrogen-bond acceptors (Lipinski definition) is 4. The maximum Gasteiger partial charge on any atom is 0.223 e. The Morgan fingerprint density at radius 1 is 1.18 bits per heavy atom. The van der Waals surface area contributed by atoms with E-state index in [1.165, 1.54) is 0 Å². The monoisotopic (exact) mass is 417 g/mol. The second kappa shape index (κ2) is 8.67. The molecule has 0 spiro atoms. The predicted octanol–water partition coefficient (Wildman–Crippen LogP) is 4.78. The molecular weight excluding hydrogens is 397 g/mol. The third kappa shape index (κ3) is 4.32. The Kier molecular flexibility index (Phi) is 6.27. The Hall–Kier alpha value is -2.50. The molecule has 28 heavy (non-hydrogen) atoms. The van der Waals surface area contributed by atoms with Gasteiger partial charge in [-0.25, -0.2) is 4.68 Å². The Labute approximate surface area is 174 Å². The minimum Gasteiger partial charge on any atom is -0.475 e. The first-order valence-corrected chi connectivity index (χ1v) is 9.56. The van der Waals surface area contributed by atoms with Crippen LogP contribution in [-0.4, -0.2) is 35.8 Å². The number of para-hydroxylation sites is 1. The summed E-state index contributed by atoms with van der Waals surface area (Å²) in [6.45, 7) is 2.84. The quantitative estimate of drug-likeness (QED) is 0.518. The molecule has 0 unspecified atom stereocenters. The summed E-state index contributed by atoms with van der Waals surface area (Å²) in [6.07, 6.45) is 0. The first-order chi connectivity index (χ1) is 13.4.